The van der Waals surface area contributed by atoms with Gasteiger partial charge in [-0.15, -0.1) is 0 Å². The first-order valence-corrected chi connectivity index (χ1v) is 3.72. The Bertz CT molecular complexity index is 415. The summed E-state index contributed by atoms with van der Waals surface area (Å²) in [4.78, 5) is 0. The Labute approximate surface area is 74.4 Å². The van der Waals surface area contributed by atoms with Crippen LogP contribution in [0.3, 0.4) is 0 Å². The van der Waals surface area contributed by atoms with Gasteiger partial charge in [-0.05, 0) is 12.1 Å². The van der Waals surface area contributed by atoms with Crippen molar-refractivity contribution in [1.82, 2.24) is 9.61 Å². The van der Waals surface area contributed by atoms with E-state index in [-0.39, 0.29) is 0 Å². The summed E-state index contributed by atoms with van der Waals surface area (Å²) in [5.41, 5.74) is 0.690. The fraction of sp³-hybridized carbons (Fsp3) is 0. The first-order chi connectivity index (χ1) is 6.27. The molecule has 0 bridgehead atoms. The van der Waals surface area contributed by atoms with E-state index in [1.54, 1.807) is 16.8 Å². The van der Waals surface area contributed by atoms with E-state index in [2.05, 4.69) is 5.10 Å². The fourth-order valence-corrected chi connectivity index (χ4v) is 1.12. The van der Waals surface area contributed by atoms with Crippen molar-refractivity contribution in [3.8, 4) is 5.75 Å². The van der Waals surface area contributed by atoms with Crippen LogP contribution in [0.5, 0.6) is 5.75 Å². The number of pyridine rings is 1. The monoisotopic (exact) mass is 178 g/mol. The molecular formula is C7H7BN2O3. The largest absolute Gasteiger partial charge is 0.707 e. The number of nitrogens with zero attached hydrogens (tertiary/aromatic N) is 2. The summed E-state index contributed by atoms with van der Waals surface area (Å²) in [5.74, 6) is 0.343. The lowest BCUT2D eigenvalue weighted by Gasteiger charge is -2.00. The summed E-state index contributed by atoms with van der Waals surface area (Å²) < 4.78 is 6.28. The second kappa shape index (κ2) is 3.08. The van der Waals surface area contributed by atoms with E-state index in [0.717, 1.165) is 0 Å². The molecule has 0 radical (unpaired) electrons. The van der Waals surface area contributed by atoms with E-state index in [0.29, 0.717) is 11.3 Å². The highest BCUT2D eigenvalue weighted by Gasteiger charge is 2.14. The van der Waals surface area contributed by atoms with Crippen LogP contribution in [0.15, 0.2) is 30.6 Å². The van der Waals surface area contributed by atoms with Gasteiger partial charge in [-0.3, -0.25) is 0 Å². The van der Waals surface area contributed by atoms with Gasteiger partial charge in [0.2, 0.25) is 0 Å². The summed E-state index contributed by atoms with van der Waals surface area (Å²) in [6.45, 7) is 0. The molecule has 2 heterocycles. The molecular weight excluding hydrogens is 171 g/mol. The van der Waals surface area contributed by atoms with Gasteiger partial charge in [-0.1, -0.05) is 6.07 Å². The van der Waals surface area contributed by atoms with E-state index >= 15 is 0 Å². The van der Waals surface area contributed by atoms with Gasteiger partial charge < -0.3 is 14.7 Å². The van der Waals surface area contributed by atoms with Crippen LogP contribution in [0.2, 0.25) is 0 Å². The van der Waals surface area contributed by atoms with Gasteiger partial charge in [0.1, 0.15) is 11.3 Å². The third-order valence-electron chi connectivity index (χ3n) is 1.62. The van der Waals surface area contributed by atoms with Crippen molar-refractivity contribution in [2.75, 3.05) is 0 Å². The molecule has 6 heteroatoms. The van der Waals surface area contributed by atoms with E-state index in [1.807, 2.05) is 12.1 Å². The van der Waals surface area contributed by atoms with Crippen LogP contribution in [-0.2, 0) is 0 Å². The first-order valence-electron chi connectivity index (χ1n) is 3.72. The van der Waals surface area contributed by atoms with Crippen molar-refractivity contribution < 1.29 is 14.7 Å². The number of hydrogen-bond donors (Lipinski definition) is 2. The topological polar surface area (TPSA) is 67.0 Å². The Balaban J connectivity index is 2.46. The van der Waals surface area contributed by atoms with Gasteiger partial charge in [-0.25, -0.2) is 4.52 Å². The average Bonchev–Trinajstić information content (AvgIpc) is 2.48. The highest BCUT2D eigenvalue weighted by molar-refractivity contribution is 6.34. The first kappa shape index (κ1) is 8.09. The molecule has 0 saturated heterocycles. The summed E-state index contributed by atoms with van der Waals surface area (Å²) in [6.07, 6.45) is 3.17. The number of rotatable bonds is 2. The molecule has 0 aliphatic carbocycles. The molecule has 66 valence electrons. The van der Waals surface area contributed by atoms with Crippen molar-refractivity contribution in [2.24, 2.45) is 0 Å². The SMILES string of the molecule is OB(O)Oc1cnn2ccccc12. The van der Waals surface area contributed by atoms with E-state index in [4.69, 9.17) is 14.7 Å². The lowest BCUT2D eigenvalue weighted by atomic mass is 10.2. The number of hydrogen-bond acceptors (Lipinski definition) is 4. The molecule has 2 N–H and O–H groups in total. The maximum atomic E-state index is 8.58. The predicted octanol–water partition coefficient (Wildman–Crippen LogP) is -0.317. The number of aromatic nitrogens is 2. The Morgan fingerprint density at radius 3 is 3.00 bits per heavy atom. The zero-order chi connectivity index (χ0) is 9.26. The van der Waals surface area contributed by atoms with Crippen LogP contribution in [-0.4, -0.2) is 27.0 Å². The third kappa shape index (κ3) is 1.49. The van der Waals surface area contributed by atoms with Crippen molar-refractivity contribution >= 4 is 12.8 Å². The van der Waals surface area contributed by atoms with Crippen molar-refractivity contribution in [3.05, 3.63) is 30.6 Å². The molecule has 13 heavy (non-hydrogen) atoms. The third-order valence-corrected chi connectivity index (χ3v) is 1.62. The highest BCUT2D eigenvalue weighted by Crippen LogP contribution is 2.18. The predicted molar refractivity (Wildman–Crippen MR) is 46.0 cm³/mol. The maximum absolute atomic E-state index is 8.58. The summed E-state index contributed by atoms with van der Waals surface area (Å²) in [7, 11) is -1.81. The van der Waals surface area contributed by atoms with Gasteiger partial charge >= 0.3 is 7.32 Å². The van der Waals surface area contributed by atoms with Crippen molar-refractivity contribution in [1.29, 1.82) is 0 Å². The van der Waals surface area contributed by atoms with Crippen molar-refractivity contribution in [2.45, 2.75) is 0 Å². The standard InChI is InChI=1S/C7H7BN2O3/c11-8(12)13-7-5-9-10-4-2-1-3-6(7)10/h1-5,11-12H. The lowest BCUT2D eigenvalue weighted by Crippen LogP contribution is -2.20. The van der Waals surface area contributed by atoms with Gasteiger partial charge in [0.15, 0.2) is 0 Å². The molecule has 2 rings (SSSR count). The average molecular weight is 178 g/mol. The Hall–Kier alpha value is -1.53. The molecule has 0 spiro atoms. The normalized spacial score (nSPS) is 10.3. The molecule has 0 atom stereocenters. The molecule has 2 aromatic heterocycles. The Morgan fingerprint density at radius 2 is 2.23 bits per heavy atom. The zero-order valence-corrected chi connectivity index (χ0v) is 6.66. The lowest BCUT2D eigenvalue weighted by molar-refractivity contribution is 0.289. The smallest absolute Gasteiger partial charge is 0.509 e. The second-order valence-electron chi connectivity index (χ2n) is 2.48. The quantitative estimate of drug-likeness (QED) is 0.618. The summed E-state index contributed by atoms with van der Waals surface area (Å²) in [5, 5.41) is 21.1. The van der Waals surface area contributed by atoms with Crippen LogP contribution >= 0.6 is 0 Å². The van der Waals surface area contributed by atoms with Gasteiger partial charge in [-0.2, -0.15) is 5.10 Å². The molecule has 0 fully saturated rings. The Morgan fingerprint density at radius 1 is 1.38 bits per heavy atom. The van der Waals surface area contributed by atoms with Crippen LogP contribution in [0.4, 0.5) is 0 Å². The van der Waals surface area contributed by atoms with E-state index in [9.17, 15) is 0 Å². The molecule has 0 unspecified atom stereocenters. The fourth-order valence-electron chi connectivity index (χ4n) is 1.12. The molecule has 0 amide bonds. The minimum absolute atomic E-state index is 0.343. The van der Waals surface area contributed by atoms with Crippen LogP contribution in [0.1, 0.15) is 0 Å². The molecule has 0 saturated carbocycles. The minimum atomic E-state index is -1.81. The molecule has 0 aliphatic heterocycles. The van der Waals surface area contributed by atoms with Crippen LogP contribution in [0, 0.1) is 0 Å². The second-order valence-corrected chi connectivity index (χ2v) is 2.48. The van der Waals surface area contributed by atoms with Crippen molar-refractivity contribution in [3.63, 3.8) is 0 Å². The molecule has 2 aromatic rings. The van der Waals surface area contributed by atoms with Gasteiger partial charge in [0.05, 0.1) is 6.20 Å². The highest BCUT2D eigenvalue weighted by atomic mass is 16.6. The summed E-state index contributed by atoms with van der Waals surface area (Å²) >= 11 is 0. The molecule has 0 aromatic carbocycles. The van der Waals surface area contributed by atoms with Gasteiger partial charge in [0, 0.05) is 6.20 Å². The van der Waals surface area contributed by atoms with Gasteiger partial charge in [0.25, 0.3) is 0 Å². The maximum Gasteiger partial charge on any atom is 0.707 e. The zero-order valence-electron chi connectivity index (χ0n) is 6.66. The van der Waals surface area contributed by atoms with Crippen LogP contribution in [0.25, 0.3) is 5.52 Å². The Kier molecular flexibility index (Phi) is 1.92. The van der Waals surface area contributed by atoms with E-state index < -0.39 is 7.32 Å². The van der Waals surface area contributed by atoms with E-state index in [1.165, 1.54) is 6.20 Å². The minimum Gasteiger partial charge on any atom is -0.509 e. The number of fused-ring (bicyclic) bond motifs is 1. The van der Waals surface area contributed by atoms with Crippen LogP contribution < -0.4 is 4.65 Å². The molecule has 5 nitrogen and oxygen atoms in total. The summed E-state index contributed by atoms with van der Waals surface area (Å²) in [6, 6.07) is 5.40. The molecule has 0 aliphatic rings.